The standard InChI is InChI=1S/C23H28N4O2/c28-22(25-18-10-12-19(13-11-18)27-16-6-9-23(27)29)17-24-20-7-2-3-8-21(20)26-14-4-1-5-15-26/h2-3,7-8,10-13,24H,1,4-6,9,14-17H2,(H,25,28). The van der Waals surface area contributed by atoms with Gasteiger partial charge in [0.2, 0.25) is 11.8 Å². The number of carbonyl (C=O) groups excluding carboxylic acids is 2. The largest absolute Gasteiger partial charge is 0.374 e. The Morgan fingerprint density at radius 2 is 1.66 bits per heavy atom. The maximum atomic E-state index is 12.4. The van der Waals surface area contributed by atoms with Gasteiger partial charge in [-0.1, -0.05) is 12.1 Å². The lowest BCUT2D eigenvalue weighted by atomic mass is 10.1. The van der Waals surface area contributed by atoms with Crippen LogP contribution in [0.1, 0.15) is 32.1 Å². The molecule has 0 bridgehead atoms. The second-order valence-corrected chi connectivity index (χ2v) is 7.66. The summed E-state index contributed by atoms with van der Waals surface area (Å²) < 4.78 is 0. The quantitative estimate of drug-likeness (QED) is 0.784. The molecule has 0 unspecified atom stereocenters. The molecule has 4 rings (SSSR count). The van der Waals surface area contributed by atoms with Crippen LogP contribution >= 0.6 is 0 Å². The number of nitrogens with one attached hydrogen (secondary N) is 2. The van der Waals surface area contributed by atoms with E-state index in [0.717, 1.165) is 43.1 Å². The summed E-state index contributed by atoms with van der Waals surface area (Å²) in [5.41, 5.74) is 3.78. The second-order valence-electron chi connectivity index (χ2n) is 7.66. The first-order chi connectivity index (χ1) is 14.2. The van der Waals surface area contributed by atoms with Gasteiger partial charge in [0.25, 0.3) is 0 Å². The van der Waals surface area contributed by atoms with E-state index in [1.54, 1.807) is 4.90 Å². The maximum absolute atomic E-state index is 12.4. The number of nitrogens with zero attached hydrogens (tertiary/aromatic N) is 2. The highest BCUT2D eigenvalue weighted by Gasteiger charge is 2.21. The fraction of sp³-hybridized carbons (Fsp3) is 0.391. The zero-order chi connectivity index (χ0) is 20.1. The number of piperidine rings is 1. The minimum atomic E-state index is -0.0940. The molecule has 2 N–H and O–H groups in total. The molecule has 2 aliphatic rings. The summed E-state index contributed by atoms with van der Waals surface area (Å²) in [4.78, 5) is 28.4. The third-order valence-corrected chi connectivity index (χ3v) is 5.58. The van der Waals surface area contributed by atoms with Gasteiger partial charge in [0, 0.05) is 37.4 Å². The molecule has 2 amide bonds. The van der Waals surface area contributed by atoms with E-state index in [1.165, 1.54) is 24.9 Å². The molecule has 152 valence electrons. The number of rotatable bonds is 6. The van der Waals surface area contributed by atoms with Crippen molar-refractivity contribution in [3.63, 3.8) is 0 Å². The van der Waals surface area contributed by atoms with Crippen molar-refractivity contribution in [3.05, 3.63) is 48.5 Å². The predicted molar refractivity (Wildman–Crippen MR) is 118 cm³/mol. The number of carbonyl (C=O) groups is 2. The van der Waals surface area contributed by atoms with Gasteiger partial charge in [0.05, 0.1) is 17.9 Å². The van der Waals surface area contributed by atoms with E-state index in [0.29, 0.717) is 6.42 Å². The third kappa shape index (κ3) is 4.70. The zero-order valence-corrected chi connectivity index (χ0v) is 16.7. The minimum absolute atomic E-state index is 0.0940. The molecule has 2 heterocycles. The first-order valence-corrected chi connectivity index (χ1v) is 10.5. The van der Waals surface area contributed by atoms with E-state index in [4.69, 9.17) is 0 Å². The first-order valence-electron chi connectivity index (χ1n) is 10.5. The molecule has 0 saturated carbocycles. The van der Waals surface area contributed by atoms with Crippen LogP contribution in [0.25, 0.3) is 0 Å². The van der Waals surface area contributed by atoms with Crippen LogP contribution in [0.5, 0.6) is 0 Å². The summed E-state index contributed by atoms with van der Waals surface area (Å²) in [6.07, 6.45) is 5.24. The van der Waals surface area contributed by atoms with Gasteiger partial charge in [0.1, 0.15) is 0 Å². The van der Waals surface area contributed by atoms with Crippen LogP contribution in [0, 0.1) is 0 Å². The fourth-order valence-corrected chi connectivity index (χ4v) is 4.06. The molecule has 2 aromatic carbocycles. The van der Waals surface area contributed by atoms with Gasteiger partial charge in [-0.25, -0.2) is 0 Å². The molecular formula is C23H28N4O2. The van der Waals surface area contributed by atoms with Crippen molar-refractivity contribution in [2.75, 3.05) is 46.6 Å². The third-order valence-electron chi connectivity index (χ3n) is 5.58. The maximum Gasteiger partial charge on any atom is 0.243 e. The van der Waals surface area contributed by atoms with Gasteiger partial charge in [-0.05, 0) is 62.1 Å². The summed E-state index contributed by atoms with van der Waals surface area (Å²) in [7, 11) is 0. The molecule has 2 aliphatic heterocycles. The molecule has 6 nitrogen and oxygen atoms in total. The molecule has 0 aromatic heterocycles. The van der Waals surface area contributed by atoms with Crippen LogP contribution in [-0.2, 0) is 9.59 Å². The monoisotopic (exact) mass is 392 g/mol. The summed E-state index contributed by atoms with van der Waals surface area (Å²) in [5, 5.41) is 6.21. The Labute approximate surface area is 171 Å². The molecule has 0 spiro atoms. The molecule has 29 heavy (non-hydrogen) atoms. The molecule has 6 heteroatoms. The van der Waals surface area contributed by atoms with Crippen LogP contribution in [0.15, 0.2) is 48.5 Å². The molecule has 0 atom stereocenters. The van der Waals surface area contributed by atoms with Crippen molar-refractivity contribution in [2.45, 2.75) is 32.1 Å². The van der Waals surface area contributed by atoms with Crippen molar-refractivity contribution in [1.29, 1.82) is 0 Å². The van der Waals surface area contributed by atoms with Gasteiger partial charge in [-0.3, -0.25) is 9.59 Å². The summed E-state index contributed by atoms with van der Waals surface area (Å²) >= 11 is 0. The molecule has 2 fully saturated rings. The van der Waals surface area contributed by atoms with Gasteiger partial charge >= 0.3 is 0 Å². The first kappa shape index (κ1) is 19.3. The van der Waals surface area contributed by atoms with Crippen LogP contribution in [-0.4, -0.2) is 38.0 Å². The van der Waals surface area contributed by atoms with E-state index in [-0.39, 0.29) is 18.4 Å². The number of amides is 2. The SMILES string of the molecule is O=C(CNc1ccccc1N1CCCCC1)Nc1ccc(N2CCCC2=O)cc1. The predicted octanol–water partition coefficient (Wildman–Crippen LogP) is 3.85. The van der Waals surface area contributed by atoms with E-state index < -0.39 is 0 Å². The number of benzene rings is 2. The highest BCUT2D eigenvalue weighted by atomic mass is 16.2. The Morgan fingerprint density at radius 3 is 2.38 bits per heavy atom. The number of para-hydroxylation sites is 2. The van der Waals surface area contributed by atoms with Crippen molar-refractivity contribution < 1.29 is 9.59 Å². The highest BCUT2D eigenvalue weighted by Crippen LogP contribution is 2.28. The smallest absolute Gasteiger partial charge is 0.243 e. The Bertz CT molecular complexity index is 859. The van der Waals surface area contributed by atoms with E-state index in [9.17, 15) is 9.59 Å². The van der Waals surface area contributed by atoms with Crippen molar-refractivity contribution >= 4 is 34.6 Å². The van der Waals surface area contributed by atoms with Gasteiger partial charge in [-0.15, -0.1) is 0 Å². The number of hydrogen-bond acceptors (Lipinski definition) is 4. The van der Waals surface area contributed by atoms with Crippen LogP contribution in [0.3, 0.4) is 0 Å². The minimum Gasteiger partial charge on any atom is -0.374 e. The van der Waals surface area contributed by atoms with E-state index in [1.807, 2.05) is 42.5 Å². The lowest BCUT2D eigenvalue weighted by molar-refractivity contribution is -0.117. The molecular weight excluding hydrogens is 364 g/mol. The van der Waals surface area contributed by atoms with Crippen LogP contribution < -0.4 is 20.4 Å². The highest BCUT2D eigenvalue weighted by molar-refractivity contribution is 5.97. The van der Waals surface area contributed by atoms with E-state index >= 15 is 0 Å². The summed E-state index contributed by atoms with van der Waals surface area (Å²) in [5.74, 6) is 0.0711. The van der Waals surface area contributed by atoms with Gasteiger partial charge in [0.15, 0.2) is 0 Å². The molecule has 0 aliphatic carbocycles. The normalized spacial score (nSPS) is 16.8. The van der Waals surface area contributed by atoms with Crippen LogP contribution in [0.2, 0.25) is 0 Å². The van der Waals surface area contributed by atoms with E-state index in [2.05, 4.69) is 21.6 Å². The fourth-order valence-electron chi connectivity index (χ4n) is 4.06. The average Bonchev–Trinajstić information content (AvgIpc) is 3.19. The lowest BCUT2D eigenvalue weighted by Gasteiger charge is -2.30. The van der Waals surface area contributed by atoms with Crippen molar-refractivity contribution in [1.82, 2.24) is 0 Å². The van der Waals surface area contributed by atoms with Gasteiger partial charge in [-0.2, -0.15) is 0 Å². The average molecular weight is 393 g/mol. The Balaban J connectivity index is 1.33. The second kappa shape index (κ2) is 8.99. The van der Waals surface area contributed by atoms with Crippen molar-refractivity contribution in [3.8, 4) is 0 Å². The Morgan fingerprint density at radius 1 is 0.897 bits per heavy atom. The summed E-state index contributed by atoms with van der Waals surface area (Å²) in [6, 6.07) is 15.6. The van der Waals surface area contributed by atoms with Crippen LogP contribution in [0.4, 0.5) is 22.7 Å². The Kier molecular flexibility index (Phi) is 5.98. The number of anilines is 4. The lowest BCUT2D eigenvalue weighted by Crippen LogP contribution is -2.30. The molecule has 0 radical (unpaired) electrons. The number of hydrogen-bond donors (Lipinski definition) is 2. The molecule has 2 aromatic rings. The van der Waals surface area contributed by atoms with Gasteiger partial charge < -0.3 is 20.4 Å². The zero-order valence-electron chi connectivity index (χ0n) is 16.7. The Hall–Kier alpha value is -3.02. The summed E-state index contributed by atoms with van der Waals surface area (Å²) in [6.45, 7) is 3.11. The topological polar surface area (TPSA) is 64.7 Å². The molecule has 2 saturated heterocycles. The van der Waals surface area contributed by atoms with Crippen molar-refractivity contribution in [2.24, 2.45) is 0 Å².